The predicted octanol–water partition coefficient (Wildman–Crippen LogP) is 6.15. The number of benzene rings is 2. The molecule has 0 radical (unpaired) electrons. The summed E-state index contributed by atoms with van der Waals surface area (Å²) in [5.74, 6) is 1.58. The van der Waals surface area contributed by atoms with E-state index in [-0.39, 0.29) is 34.7 Å². The summed E-state index contributed by atoms with van der Waals surface area (Å²) in [5, 5.41) is 19.3. The van der Waals surface area contributed by atoms with Crippen LogP contribution in [0.15, 0.2) is 77.4 Å². The van der Waals surface area contributed by atoms with Crippen molar-refractivity contribution >= 4 is 17.3 Å². The molecule has 0 N–H and O–H groups in total. The van der Waals surface area contributed by atoms with Crippen LogP contribution in [0.3, 0.4) is 0 Å². The molecule has 10 nitrogen and oxygen atoms in total. The standard InChI is InChI=1S/C32H32N4O6/c1-31(2)13-24(37)29-26(15-31)42-27-16-32(3,4)14-25(38)30(27)28(29)19-8-10-23(11-9-19)41-18-20-17-35(34-33-20)21-6-5-7-22(12-21)36(39)40/h5-12,17,28H,13-16,18H2,1-4H3. The molecule has 42 heavy (non-hydrogen) atoms. The first-order chi connectivity index (χ1) is 19.9. The Kier molecular flexibility index (Phi) is 6.59. The first-order valence-corrected chi connectivity index (χ1v) is 14.0. The van der Waals surface area contributed by atoms with Gasteiger partial charge in [0.05, 0.1) is 16.8 Å². The third-order valence-electron chi connectivity index (χ3n) is 8.03. The van der Waals surface area contributed by atoms with Crippen LogP contribution in [0.1, 0.15) is 70.6 Å². The molecule has 0 amide bonds. The van der Waals surface area contributed by atoms with E-state index in [0.717, 1.165) is 5.56 Å². The Labute approximate surface area is 243 Å². The fraction of sp³-hybridized carbons (Fsp3) is 0.375. The molecule has 0 saturated heterocycles. The molecular weight excluding hydrogens is 536 g/mol. The molecule has 0 atom stereocenters. The monoisotopic (exact) mass is 568 g/mol. The first kappa shape index (κ1) is 27.6. The maximum atomic E-state index is 13.5. The number of rotatable bonds is 6. The number of hydrogen-bond acceptors (Lipinski definition) is 8. The third-order valence-corrected chi connectivity index (χ3v) is 8.03. The lowest BCUT2D eigenvalue weighted by Crippen LogP contribution is -2.37. The van der Waals surface area contributed by atoms with Gasteiger partial charge in [0.15, 0.2) is 11.6 Å². The lowest BCUT2D eigenvalue weighted by Gasteiger charge is -2.42. The van der Waals surface area contributed by atoms with Crippen LogP contribution in [0.25, 0.3) is 5.69 Å². The number of allylic oxidation sites excluding steroid dienone is 4. The second-order valence-electron chi connectivity index (χ2n) is 12.9. The Morgan fingerprint density at radius 3 is 2.17 bits per heavy atom. The number of nitro benzene ring substituents is 1. The summed E-state index contributed by atoms with van der Waals surface area (Å²) < 4.78 is 13.8. The highest BCUT2D eigenvalue weighted by atomic mass is 16.6. The van der Waals surface area contributed by atoms with Crippen molar-refractivity contribution < 1.29 is 24.0 Å². The first-order valence-electron chi connectivity index (χ1n) is 14.0. The Morgan fingerprint density at radius 2 is 1.57 bits per heavy atom. The highest BCUT2D eigenvalue weighted by Crippen LogP contribution is 2.53. The number of hydrogen-bond donors (Lipinski definition) is 0. The number of nitro groups is 1. The van der Waals surface area contributed by atoms with Gasteiger partial charge in [-0.15, -0.1) is 5.10 Å². The van der Waals surface area contributed by atoms with Gasteiger partial charge < -0.3 is 9.47 Å². The molecule has 3 aromatic rings. The minimum atomic E-state index is -0.459. The van der Waals surface area contributed by atoms with Gasteiger partial charge >= 0.3 is 0 Å². The Hall–Kier alpha value is -4.60. The van der Waals surface area contributed by atoms with Crippen molar-refractivity contribution in [1.29, 1.82) is 0 Å². The van der Waals surface area contributed by atoms with Gasteiger partial charge in [0.1, 0.15) is 29.6 Å². The van der Waals surface area contributed by atoms with E-state index in [2.05, 4.69) is 38.0 Å². The fourth-order valence-electron chi connectivity index (χ4n) is 6.16. The van der Waals surface area contributed by atoms with E-state index >= 15 is 0 Å². The average Bonchev–Trinajstić information content (AvgIpc) is 3.39. The lowest BCUT2D eigenvalue weighted by atomic mass is 9.65. The second kappa shape index (κ2) is 10.0. The van der Waals surface area contributed by atoms with E-state index in [9.17, 15) is 19.7 Å². The van der Waals surface area contributed by atoms with Crippen molar-refractivity contribution in [3.05, 3.63) is 98.8 Å². The quantitative estimate of drug-likeness (QED) is 0.256. The molecular formula is C32H32N4O6. The van der Waals surface area contributed by atoms with Gasteiger partial charge in [-0.1, -0.05) is 51.1 Å². The molecule has 3 aliphatic rings. The second-order valence-corrected chi connectivity index (χ2v) is 12.9. The highest BCUT2D eigenvalue weighted by molar-refractivity contribution is 6.06. The largest absolute Gasteiger partial charge is 0.487 e. The molecule has 1 aliphatic heterocycles. The van der Waals surface area contributed by atoms with E-state index in [0.29, 0.717) is 65.5 Å². The van der Waals surface area contributed by atoms with Crippen LogP contribution in [0.2, 0.25) is 0 Å². The Balaban J connectivity index is 1.24. The van der Waals surface area contributed by atoms with Crippen molar-refractivity contribution in [2.75, 3.05) is 0 Å². The number of carbonyl (C=O) groups excluding carboxylic acids is 2. The van der Waals surface area contributed by atoms with Crippen molar-refractivity contribution in [2.24, 2.45) is 10.8 Å². The molecule has 2 aromatic carbocycles. The third kappa shape index (κ3) is 5.24. The summed E-state index contributed by atoms with van der Waals surface area (Å²) in [5.41, 5.74) is 2.68. The van der Waals surface area contributed by atoms with Crippen LogP contribution in [0.5, 0.6) is 5.75 Å². The molecule has 216 valence electrons. The Bertz CT molecular complexity index is 1630. The summed E-state index contributed by atoms with van der Waals surface area (Å²) in [7, 11) is 0. The highest BCUT2D eigenvalue weighted by Gasteiger charge is 2.47. The number of nitrogens with zero attached hydrogens (tertiary/aromatic N) is 4. The lowest BCUT2D eigenvalue weighted by molar-refractivity contribution is -0.384. The van der Waals surface area contributed by atoms with Crippen LogP contribution in [-0.2, 0) is 20.9 Å². The van der Waals surface area contributed by atoms with Crippen molar-refractivity contribution in [3.8, 4) is 11.4 Å². The molecule has 10 heteroatoms. The molecule has 0 bridgehead atoms. The van der Waals surface area contributed by atoms with Gasteiger partial charge in [-0.2, -0.15) is 0 Å². The zero-order valence-electron chi connectivity index (χ0n) is 24.0. The van der Waals surface area contributed by atoms with Gasteiger partial charge in [0.2, 0.25) is 0 Å². The molecule has 0 saturated carbocycles. The number of non-ortho nitro benzene ring substituents is 1. The zero-order valence-corrected chi connectivity index (χ0v) is 24.0. The fourth-order valence-corrected chi connectivity index (χ4v) is 6.16. The predicted molar refractivity (Wildman–Crippen MR) is 153 cm³/mol. The maximum Gasteiger partial charge on any atom is 0.271 e. The maximum absolute atomic E-state index is 13.5. The van der Waals surface area contributed by atoms with Gasteiger partial charge in [0.25, 0.3) is 5.69 Å². The minimum absolute atomic E-state index is 0.0302. The minimum Gasteiger partial charge on any atom is -0.487 e. The average molecular weight is 569 g/mol. The van der Waals surface area contributed by atoms with Gasteiger partial charge in [-0.3, -0.25) is 19.7 Å². The molecule has 0 spiro atoms. The Morgan fingerprint density at radius 1 is 0.952 bits per heavy atom. The molecule has 0 fully saturated rings. The van der Waals surface area contributed by atoms with Gasteiger partial charge in [-0.05, 0) is 34.6 Å². The molecule has 2 aliphatic carbocycles. The van der Waals surface area contributed by atoms with Gasteiger partial charge in [0, 0.05) is 54.9 Å². The summed E-state index contributed by atoms with van der Waals surface area (Å²) in [4.78, 5) is 37.6. The number of carbonyl (C=O) groups is 2. The summed E-state index contributed by atoms with van der Waals surface area (Å²) in [6.45, 7) is 8.42. The topological polar surface area (TPSA) is 126 Å². The smallest absolute Gasteiger partial charge is 0.271 e. The molecule has 6 rings (SSSR count). The van der Waals surface area contributed by atoms with Crippen LogP contribution in [0.4, 0.5) is 5.69 Å². The summed E-state index contributed by atoms with van der Waals surface area (Å²) >= 11 is 0. The SMILES string of the molecule is CC1(C)CC(=O)C2=C(C1)OC1=C(C(=O)CC(C)(C)C1)C2c1ccc(OCc2cn(-c3cccc([N+](=O)[O-])c3)nn2)cc1. The molecule has 2 heterocycles. The summed E-state index contributed by atoms with van der Waals surface area (Å²) in [6, 6.07) is 13.6. The molecule has 1 aromatic heterocycles. The normalized spacial score (nSPS) is 19.7. The number of ether oxygens (including phenoxy) is 2. The zero-order chi connectivity index (χ0) is 29.8. The van der Waals surface area contributed by atoms with Crippen molar-refractivity contribution in [3.63, 3.8) is 0 Å². The number of ketones is 2. The van der Waals surface area contributed by atoms with Crippen molar-refractivity contribution in [1.82, 2.24) is 15.0 Å². The number of aromatic nitrogens is 3. The van der Waals surface area contributed by atoms with E-state index in [1.54, 1.807) is 18.3 Å². The van der Waals surface area contributed by atoms with E-state index in [1.165, 1.54) is 16.8 Å². The van der Waals surface area contributed by atoms with Crippen LogP contribution < -0.4 is 4.74 Å². The van der Waals surface area contributed by atoms with E-state index in [1.807, 2.05) is 24.3 Å². The van der Waals surface area contributed by atoms with Crippen LogP contribution in [-0.4, -0.2) is 31.5 Å². The number of Topliss-reactive ketones (excluding diaryl/α,β-unsaturated/α-hetero) is 2. The van der Waals surface area contributed by atoms with Crippen LogP contribution in [0, 0.1) is 20.9 Å². The van der Waals surface area contributed by atoms with Gasteiger partial charge in [-0.25, -0.2) is 4.68 Å². The van der Waals surface area contributed by atoms with Crippen molar-refractivity contribution in [2.45, 2.75) is 65.9 Å². The van der Waals surface area contributed by atoms with Crippen LogP contribution >= 0.6 is 0 Å². The summed E-state index contributed by atoms with van der Waals surface area (Å²) in [6.07, 6.45) is 3.77. The van der Waals surface area contributed by atoms with E-state index < -0.39 is 10.8 Å². The van der Waals surface area contributed by atoms with E-state index in [4.69, 9.17) is 9.47 Å². The molecule has 0 unspecified atom stereocenters.